The van der Waals surface area contributed by atoms with Gasteiger partial charge in [-0.25, -0.2) is 0 Å². The molecule has 1 heterocycles. The molecule has 0 bridgehead atoms. The van der Waals surface area contributed by atoms with E-state index in [9.17, 15) is 19.2 Å². The fraction of sp³-hybridized carbons (Fsp3) is 0.857. The lowest BCUT2D eigenvalue weighted by Crippen LogP contribution is -2.55. The van der Waals surface area contributed by atoms with Gasteiger partial charge in [-0.2, -0.15) is 0 Å². The van der Waals surface area contributed by atoms with Crippen molar-refractivity contribution in [2.45, 2.75) is 129 Å². The zero-order valence-corrected chi connectivity index (χ0v) is 22.4. The number of likely N-dealkylation sites (tertiary alicyclic amines) is 1. The lowest BCUT2D eigenvalue weighted by atomic mass is 9.98. The van der Waals surface area contributed by atoms with Crippen molar-refractivity contribution in [2.75, 3.05) is 6.54 Å². The third-order valence-electron chi connectivity index (χ3n) is 8.41. The summed E-state index contributed by atoms with van der Waals surface area (Å²) < 4.78 is 0. The Labute approximate surface area is 211 Å². The fourth-order valence-electron chi connectivity index (χ4n) is 5.80. The smallest absolute Gasteiger partial charge is 0.289 e. The van der Waals surface area contributed by atoms with E-state index in [1.807, 2.05) is 6.92 Å². The van der Waals surface area contributed by atoms with Crippen molar-refractivity contribution in [3.8, 4) is 0 Å². The van der Waals surface area contributed by atoms with E-state index >= 15 is 0 Å². The highest BCUT2D eigenvalue weighted by Crippen LogP contribution is 2.64. The van der Waals surface area contributed by atoms with Crippen molar-refractivity contribution in [2.24, 2.45) is 17.3 Å². The molecule has 3 rings (SSSR count). The molecule has 7 nitrogen and oxygen atoms in total. The molecule has 0 radical (unpaired) electrons. The molecule has 198 valence electrons. The Hall–Kier alpha value is -1.92. The summed E-state index contributed by atoms with van der Waals surface area (Å²) >= 11 is 0. The summed E-state index contributed by atoms with van der Waals surface area (Å²) in [7, 11) is 0. The number of carbonyl (C=O) groups excluding carboxylic acids is 4. The monoisotopic (exact) mass is 489 g/mol. The molecular weight excluding hydrogens is 442 g/mol. The highest BCUT2D eigenvalue weighted by Gasteiger charge is 2.69. The first kappa shape index (κ1) is 27.7. The standard InChI is InChI=1S/C28H47N3O4/c1-5-7-9-10-11-12-13-15-22(32)31-18-20-23(28(20,3)4)24(31)26(34)30-21(14-8-6-2)25(33)27(35)29-19-16-17-19/h19-21,23-24H,5-18H2,1-4H3,(H,29,35)(H,30,34). The number of rotatable bonds is 16. The number of hydrogen-bond acceptors (Lipinski definition) is 4. The van der Waals surface area contributed by atoms with E-state index in [4.69, 9.17) is 0 Å². The van der Waals surface area contributed by atoms with E-state index < -0.39 is 23.8 Å². The Morgan fingerprint density at radius 1 is 0.914 bits per heavy atom. The van der Waals surface area contributed by atoms with Gasteiger partial charge in [-0.05, 0) is 42.9 Å². The highest BCUT2D eigenvalue weighted by molar-refractivity contribution is 6.38. The van der Waals surface area contributed by atoms with Crippen LogP contribution in [0.3, 0.4) is 0 Å². The van der Waals surface area contributed by atoms with Crippen LogP contribution in [-0.2, 0) is 19.2 Å². The molecule has 1 saturated heterocycles. The Kier molecular flexibility index (Phi) is 9.77. The van der Waals surface area contributed by atoms with E-state index in [2.05, 4.69) is 31.4 Å². The molecule has 1 aliphatic heterocycles. The van der Waals surface area contributed by atoms with Crippen LogP contribution in [0, 0.1) is 17.3 Å². The molecule has 3 aliphatic rings. The maximum atomic E-state index is 13.5. The Balaban J connectivity index is 1.58. The minimum Gasteiger partial charge on any atom is -0.347 e. The molecule has 2 aliphatic carbocycles. The number of nitrogens with one attached hydrogen (secondary N) is 2. The van der Waals surface area contributed by atoms with E-state index in [0.29, 0.717) is 25.3 Å². The quantitative estimate of drug-likeness (QED) is 0.252. The van der Waals surface area contributed by atoms with Gasteiger partial charge in [-0.3, -0.25) is 19.2 Å². The van der Waals surface area contributed by atoms with Crippen molar-refractivity contribution in [1.29, 1.82) is 0 Å². The van der Waals surface area contributed by atoms with Gasteiger partial charge < -0.3 is 15.5 Å². The second kappa shape index (κ2) is 12.4. The molecule has 0 aromatic rings. The zero-order chi connectivity index (χ0) is 25.6. The number of ketones is 1. The zero-order valence-electron chi connectivity index (χ0n) is 22.4. The number of Topliss-reactive ketones (excluding diaryl/α,β-unsaturated/α-hetero) is 1. The largest absolute Gasteiger partial charge is 0.347 e. The highest BCUT2D eigenvalue weighted by atomic mass is 16.2. The average Bonchev–Trinajstić information content (AvgIpc) is 3.67. The van der Waals surface area contributed by atoms with Crippen molar-refractivity contribution >= 4 is 23.5 Å². The van der Waals surface area contributed by atoms with Gasteiger partial charge in [-0.15, -0.1) is 0 Å². The van der Waals surface area contributed by atoms with Gasteiger partial charge in [0.15, 0.2) is 0 Å². The molecule has 0 spiro atoms. The van der Waals surface area contributed by atoms with Gasteiger partial charge in [0.05, 0.1) is 6.04 Å². The van der Waals surface area contributed by atoms with E-state index in [0.717, 1.165) is 44.9 Å². The third-order valence-corrected chi connectivity index (χ3v) is 8.41. The molecule has 2 N–H and O–H groups in total. The van der Waals surface area contributed by atoms with Crippen molar-refractivity contribution in [3.05, 3.63) is 0 Å². The number of carbonyl (C=O) groups is 4. The van der Waals surface area contributed by atoms with Gasteiger partial charge in [0.2, 0.25) is 17.6 Å². The molecule has 3 amide bonds. The molecular formula is C28H47N3O4. The topological polar surface area (TPSA) is 95.6 Å². The van der Waals surface area contributed by atoms with Gasteiger partial charge in [-0.1, -0.05) is 79.1 Å². The predicted molar refractivity (Wildman–Crippen MR) is 136 cm³/mol. The molecule has 7 heteroatoms. The lowest BCUT2D eigenvalue weighted by molar-refractivity contribution is -0.143. The molecule has 3 fully saturated rings. The number of unbranched alkanes of at least 4 members (excludes halogenated alkanes) is 7. The predicted octanol–water partition coefficient (Wildman–Crippen LogP) is 4.13. The van der Waals surface area contributed by atoms with Crippen LogP contribution in [0.1, 0.15) is 111 Å². The van der Waals surface area contributed by atoms with Crippen molar-refractivity contribution < 1.29 is 19.2 Å². The fourth-order valence-corrected chi connectivity index (χ4v) is 5.80. The van der Waals surface area contributed by atoms with E-state index in [-0.39, 0.29) is 29.2 Å². The first-order valence-electron chi connectivity index (χ1n) is 14.2. The molecule has 4 atom stereocenters. The van der Waals surface area contributed by atoms with Crippen LogP contribution in [0.4, 0.5) is 0 Å². The first-order chi connectivity index (χ1) is 16.7. The number of piperidine rings is 1. The number of fused-ring (bicyclic) bond motifs is 1. The summed E-state index contributed by atoms with van der Waals surface area (Å²) in [6, 6.07) is -1.28. The first-order valence-corrected chi connectivity index (χ1v) is 14.2. The summed E-state index contributed by atoms with van der Waals surface area (Å²) in [4.78, 5) is 53.6. The third kappa shape index (κ3) is 7.07. The summed E-state index contributed by atoms with van der Waals surface area (Å²) in [6.07, 6.45) is 12.4. The Morgan fingerprint density at radius 2 is 1.54 bits per heavy atom. The molecule has 0 aromatic carbocycles. The van der Waals surface area contributed by atoms with Gasteiger partial charge >= 0.3 is 0 Å². The molecule has 2 saturated carbocycles. The minimum atomic E-state index is -0.831. The van der Waals surface area contributed by atoms with Crippen LogP contribution in [0.5, 0.6) is 0 Å². The van der Waals surface area contributed by atoms with Crippen LogP contribution < -0.4 is 10.6 Å². The van der Waals surface area contributed by atoms with Crippen molar-refractivity contribution in [1.82, 2.24) is 15.5 Å². The van der Waals surface area contributed by atoms with E-state index in [1.165, 1.54) is 25.7 Å². The van der Waals surface area contributed by atoms with Crippen LogP contribution >= 0.6 is 0 Å². The lowest BCUT2D eigenvalue weighted by Gasteiger charge is -2.31. The Morgan fingerprint density at radius 3 is 2.17 bits per heavy atom. The molecule has 0 aromatic heterocycles. The van der Waals surface area contributed by atoms with Gasteiger partial charge in [0.25, 0.3) is 5.91 Å². The SMILES string of the molecule is CCCCCCCCCC(=O)N1CC2C(C1C(=O)NC(CCCC)C(=O)C(=O)NC1CC1)C2(C)C. The summed E-state index contributed by atoms with van der Waals surface area (Å²) in [5.74, 6) is -0.961. The number of hydrogen-bond donors (Lipinski definition) is 2. The molecule has 35 heavy (non-hydrogen) atoms. The minimum absolute atomic E-state index is 0.0182. The van der Waals surface area contributed by atoms with Crippen LogP contribution in [0.25, 0.3) is 0 Å². The number of nitrogens with zero attached hydrogens (tertiary/aromatic N) is 1. The van der Waals surface area contributed by atoms with E-state index in [1.54, 1.807) is 4.90 Å². The maximum Gasteiger partial charge on any atom is 0.289 e. The van der Waals surface area contributed by atoms with Crippen LogP contribution in [0.15, 0.2) is 0 Å². The van der Waals surface area contributed by atoms with Crippen LogP contribution in [0.2, 0.25) is 0 Å². The Bertz CT molecular complexity index is 776. The summed E-state index contributed by atoms with van der Waals surface area (Å²) in [5, 5.41) is 5.65. The van der Waals surface area contributed by atoms with Gasteiger partial charge in [0.1, 0.15) is 6.04 Å². The maximum absolute atomic E-state index is 13.5. The second-order valence-corrected chi connectivity index (χ2v) is 11.6. The summed E-state index contributed by atoms with van der Waals surface area (Å²) in [6.45, 7) is 9.15. The average molecular weight is 490 g/mol. The van der Waals surface area contributed by atoms with Gasteiger partial charge in [0, 0.05) is 19.0 Å². The summed E-state index contributed by atoms with van der Waals surface area (Å²) in [5.41, 5.74) is 0.0182. The van der Waals surface area contributed by atoms with Crippen LogP contribution in [-0.4, -0.2) is 53.1 Å². The second-order valence-electron chi connectivity index (χ2n) is 11.6. The number of amides is 3. The van der Waals surface area contributed by atoms with Crippen molar-refractivity contribution in [3.63, 3.8) is 0 Å². The normalized spacial score (nSPS) is 25.0. The molecule has 4 unspecified atom stereocenters.